The van der Waals surface area contributed by atoms with Crippen molar-refractivity contribution >= 4 is 5.78 Å². The molecule has 5 heteroatoms. The van der Waals surface area contributed by atoms with E-state index in [1.807, 2.05) is 0 Å². The van der Waals surface area contributed by atoms with Gasteiger partial charge in [-0.25, -0.2) is 0 Å². The molecule has 0 aromatic heterocycles. The molecule has 0 amide bonds. The normalized spacial score (nSPS) is 11.7. The number of aliphatic hydroxyl groups excluding tert-OH is 1. The van der Waals surface area contributed by atoms with Crippen LogP contribution in [0.15, 0.2) is 23.5 Å². The summed E-state index contributed by atoms with van der Waals surface area (Å²) >= 11 is 0. The molecular formula is C15H20O5. The van der Waals surface area contributed by atoms with Crippen LogP contribution in [0.5, 0.6) is 17.2 Å². The number of rotatable bonds is 6. The Balaban J connectivity index is 3.27. The van der Waals surface area contributed by atoms with Gasteiger partial charge in [0.05, 0.1) is 27.1 Å². The third kappa shape index (κ3) is 3.44. The number of hydrogen-bond acceptors (Lipinski definition) is 5. The molecule has 110 valence electrons. The molecule has 0 saturated heterocycles. The van der Waals surface area contributed by atoms with Gasteiger partial charge in [0, 0.05) is 12.0 Å². The average Bonchev–Trinajstić information content (AvgIpc) is 2.42. The molecule has 0 radical (unpaired) electrons. The van der Waals surface area contributed by atoms with Gasteiger partial charge in [0.1, 0.15) is 0 Å². The summed E-state index contributed by atoms with van der Waals surface area (Å²) in [5.41, 5.74) is 1.15. The van der Waals surface area contributed by atoms with Crippen molar-refractivity contribution in [1.29, 1.82) is 0 Å². The monoisotopic (exact) mass is 280 g/mol. The SMILES string of the molecule is COc1cc(C/C(C(C)=O)=C(\C)O)cc(OC)c1OC. The van der Waals surface area contributed by atoms with E-state index in [1.165, 1.54) is 35.2 Å². The van der Waals surface area contributed by atoms with Crippen molar-refractivity contribution in [2.45, 2.75) is 20.3 Å². The lowest BCUT2D eigenvalue weighted by Gasteiger charge is -2.14. The minimum Gasteiger partial charge on any atom is -0.512 e. The average molecular weight is 280 g/mol. The summed E-state index contributed by atoms with van der Waals surface area (Å²) in [6.45, 7) is 2.92. The summed E-state index contributed by atoms with van der Waals surface area (Å²) in [7, 11) is 4.58. The first-order chi connectivity index (χ1) is 9.44. The molecule has 0 heterocycles. The second-order valence-corrected chi connectivity index (χ2v) is 4.33. The Morgan fingerprint density at radius 2 is 1.55 bits per heavy atom. The van der Waals surface area contributed by atoms with Crippen LogP contribution < -0.4 is 14.2 Å². The van der Waals surface area contributed by atoms with Crippen molar-refractivity contribution in [3.8, 4) is 17.2 Å². The Labute approximate surface area is 118 Å². The first-order valence-corrected chi connectivity index (χ1v) is 6.13. The molecule has 0 bridgehead atoms. The van der Waals surface area contributed by atoms with Crippen molar-refractivity contribution in [2.75, 3.05) is 21.3 Å². The zero-order valence-electron chi connectivity index (χ0n) is 12.4. The number of carbonyl (C=O) groups is 1. The molecule has 1 aromatic rings. The number of carbonyl (C=O) groups excluding carboxylic acids is 1. The highest BCUT2D eigenvalue weighted by Crippen LogP contribution is 2.38. The van der Waals surface area contributed by atoms with Crippen molar-refractivity contribution < 1.29 is 24.1 Å². The van der Waals surface area contributed by atoms with Crippen LogP contribution in [0.1, 0.15) is 19.4 Å². The smallest absolute Gasteiger partial charge is 0.203 e. The maximum absolute atomic E-state index is 11.5. The maximum atomic E-state index is 11.5. The summed E-state index contributed by atoms with van der Waals surface area (Å²) in [5, 5.41) is 9.57. The fraction of sp³-hybridized carbons (Fsp3) is 0.400. The molecule has 0 fully saturated rings. The van der Waals surface area contributed by atoms with Crippen molar-refractivity contribution in [2.24, 2.45) is 0 Å². The van der Waals surface area contributed by atoms with Crippen LogP contribution in [0, 0.1) is 0 Å². The summed E-state index contributed by atoms with van der Waals surface area (Å²) in [5.74, 6) is 1.37. The van der Waals surface area contributed by atoms with Crippen LogP contribution in [0.2, 0.25) is 0 Å². The number of benzene rings is 1. The van der Waals surface area contributed by atoms with Gasteiger partial charge in [-0.15, -0.1) is 0 Å². The van der Waals surface area contributed by atoms with Gasteiger partial charge in [-0.3, -0.25) is 4.79 Å². The molecule has 0 aliphatic carbocycles. The topological polar surface area (TPSA) is 65.0 Å². The van der Waals surface area contributed by atoms with E-state index in [-0.39, 0.29) is 11.5 Å². The molecule has 5 nitrogen and oxygen atoms in total. The molecular weight excluding hydrogens is 260 g/mol. The summed E-state index contributed by atoms with van der Waals surface area (Å²) < 4.78 is 15.7. The predicted octanol–water partition coefficient (Wildman–Crippen LogP) is 2.68. The van der Waals surface area contributed by atoms with E-state index in [1.54, 1.807) is 12.1 Å². The maximum Gasteiger partial charge on any atom is 0.203 e. The van der Waals surface area contributed by atoms with Crippen LogP contribution in [0.4, 0.5) is 0 Å². The van der Waals surface area contributed by atoms with Crippen LogP contribution in [0.3, 0.4) is 0 Å². The molecule has 20 heavy (non-hydrogen) atoms. The van der Waals surface area contributed by atoms with Crippen LogP contribution in [-0.4, -0.2) is 32.2 Å². The largest absolute Gasteiger partial charge is 0.512 e. The number of allylic oxidation sites excluding steroid dienone is 2. The van der Waals surface area contributed by atoms with E-state index in [0.29, 0.717) is 29.2 Å². The Hall–Kier alpha value is -2.17. The lowest BCUT2D eigenvalue weighted by molar-refractivity contribution is -0.113. The molecule has 1 N–H and O–H groups in total. The standard InChI is InChI=1S/C15H20O5/c1-9(16)12(10(2)17)6-11-7-13(18-3)15(20-5)14(8-11)19-4/h7-8,16H,6H2,1-5H3/b12-9-. The number of ether oxygens (including phenoxy) is 3. The van der Waals surface area contributed by atoms with Gasteiger partial charge in [0.15, 0.2) is 17.3 Å². The third-order valence-electron chi connectivity index (χ3n) is 2.97. The van der Waals surface area contributed by atoms with E-state index in [4.69, 9.17) is 14.2 Å². The lowest BCUT2D eigenvalue weighted by atomic mass is 10.0. The number of hydrogen-bond donors (Lipinski definition) is 1. The second-order valence-electron chi connectivity index (χ2n) is 4.33. The van der Waals surface area contributed by atoms with E-state index in [0.717, 1.165) is 5.56 Å². The Kier molecular flexibility index (Phi) is 5.43. The molecule has 0 saturated carbocycles. The first-order valence-electron chi connectivity index (χ1n) is 6.13. The quantitative estimate of drug-likeness (QED) is 0.641. The van der Waals surface area contributed by atoms with E-state index < -0.39 is 0 Å². The van der Waals surface area contributed by atoms with Gasteiger partial charge in [-0.2, -0.15) is 0 Å². The first kappa shape index (κ1) is 15.9. The molecule has 0 aliphatic rings. The Bertz CT molecular complexity index is 502. The fourth-order valence-corrected chi connectivity index (χ4v) is 1.95. The highest BCUT2D eigenvalue weighted by atomic mass is 16.5. The third-order valence-corrected chi connectivity index (χ3v) is 2.97. The van der Waals surface area contributed by atoms with Crippen molar-refractivity contribution in [1.82, 2.24) is 0 Å². The number of Topliss-reactive ketones (excluding diaryl/α,β-unsaturated/α-hetero) is 1. The molecule has 0 aliphatic heterocycles. The van der Waals surface area contributed by atoms with Crippen molar-refractivity contribution in [3.63, 3.8) is 0 Å². The zero-order valence-corrected chi connectivity index (χ0v) is 12.4. The second kappa shape index (κ2) is 6.84. The van der Waals surface area contributed by atoms with Gasteiger partial charge in [0.25, 0.3) is 0 Å². The Morgan fingerprint density at radius 3 is 1.85 bits per heavy atom. The van der Waals surface area contributed by atoms with Crippen LogP contribution >= 0.6 is 0 Å². The number of aliphatic hydroxyl groups is 1. The highest BCUT2D eigenvalue weighted by molar-refractivity contribution is 5.94. The van der Waals surface area contributed by atoms with Crippen molar-refractivity contribution in [3.05, 3.63) is 29.0 Å². The summed E-state index contributed by atoms with van der Waals surface area (Å²) in [6.07, 6.45) is 0.300. The zero-order chi connectivity index (χ0) is 15.3. The minimum absolute atomic E-state index is 0.0197. The fourth-order valence-electron chi connectivity index (χ4n) is 1.95. The molecule has 0 unspecified atom stereocenters. The molecule has 0 atom stereocenters. The molecule has 0 spiro atoms. The highest BCUT2D eigenvalue weighted by Gasteiger charge is 2.16. The van der Waals surface area contributed by atoms with Gasteiger partial charge in [-0.1, -0.05) is 0 Å². The minimum atomic E-state index is -0.168. The van der Waals surface area contributed by atoms with E-state index in [9.17, 15) is 9.90 Å². The molecule has 1 aromatic carbocycles. The van der Waals surface area contributed by atoms with Gasteiger partial charge >= 0.3 is 0 Å². The summed E-state index contributed by atoms with van der Waals surface area (Å²) in [4.78, 5) is 11.5. The predicted molar refractivity (Wildman–Crippen MR) is 75.8 cm³/mol. The van der Waals surface area contributed by atoms with Gasteiger partial charge < -0.3 is 19.3 Å². The van der Waals surface area contributed by atoms with Gasteiger partial charge in [0.2, 0.25) is 5.75 Å². The molecule has 1 rings (SSSR count). The Morgan fingerprint density at radius 1 is 1.05 bits per heavy atom. The summed E-state index contributed by atoms with van der Waals surface area (Å²) in [6, 6.07) is 3.51. The van der Waals surface area contributed by atoms with Gasteiger partial charge in [-0.05, 0) is 31.5 Å². The number of ketones is 1. The van der Waals surface area contributed by atoms with E-state index in [2.05, 4.69) is 0 Å². The van der Waals surface area contributed by atoms with Crippen LogP contribution in [0.25, 0.3) is 0 Å². The van der Waals surface area contributed by atoms with E-state index >= 15 is 0 Å². The number of methoxy groups -OCH3 is 3. The lowest BCUT2D eigenvalue weighted by Crippen LogP contribution is -2.05. The van der Waals surface area contributed by atoms with Crippen LogP contribution in [-0.2, 0) is 11.2 Å².